The number of benzene rings is 1. The lowest BCUT2D eigenvalue weighted by Crippen LogP contribution is -2.60. The molecule has 0 fully saturated rings. The Bertz CT molecular complexity index is 484. The van der Waals surface area contributed by atoms with E-state index in [1.165, 1.54) is 5.01 Å². The number of hydrazone groups is 1. The number of amides is 1. The van der Waals surface area contributed by atoms with Gasteiger partial charge in [0.1, 0.15) is 5.71 Å². The lowest BCUT2D eigenvalue weighted by Gasteiger charge is -2.30. The molecule has 1 aromatic carbocycles. The Hall–Kier alpha value is -1.72. The Kier molecular flexibility index (Phi) is 3.19. The summed E-state index contributed by atoms with van der Waals surface area (Å²) in [5, 5.41) is 15.1. The van der Waals surface area contributed by atoms with Gasteiger partial charge in [-0.1, -0.05) is 44.2 Å². The zero-order valence-electron chi connectivity index (χ0n) is 10.7. The van der Waals surface area contributed by atoms with Gasteiger partial charge >= 0.3 is 0 Å². The number of hydroxylamine groups is 1. The van der Waals surface area contributed by atoms with Crippen molar-refractivity contribution in [3.05, 3.63) is 35.9 Å². The second-order valence-corrected chi connectivity index (χ2v) is 4.72. The molecule has 5 nitrogen and oxygen atoms in total. The van der Waals surface area contributed by atoms with Gasteiger partial charge in [-0.2, -0.15) is 10.6 Å². The molecule has 0 spiro atoms. The lowest BCUT2D eigenvalue weighted by molar-refractivity contribution is -0.137. The highest BCUT2D eigenvalue weighted by Gasteiger charge is 2.52. The first-order valence-corrected chi connectivity index (χ1v) is 5.88. The molecule has 1 heterocycles. The molecule has 0 aromatic heterocycles. The number of hydrogen-bond donors (Lipinski definition) is 2. The van der Waals surface area contributed by atoms with E-state index in [0.29, 0.717) is 5.71 Å². The Balaban J connectivity index is 2.57. The van der Waals surface area contributed by atoms with Crippen molar-refractivity contribution < 1.29 is 10.0 Å². The van der Waals surface area contributed by atoms with E-state index in [2.05, 4.69) is 10.6 Å². The van der Waals surface area contributed by atoms with Crippen LogP contribution in [0.15, 0.2) is 35.4 Å². The number of carbonyl (C=O) groups is 1. The minimum atomic E-state index is -1.17. The highest BCUT2D eigenvalue weighted by molar-refractivity contribution is 6.23. The predicted octanol–water partition coefficient (Wildman–Crippen LogP) is 1.24. The molecule has 1 aromatic rings. The Labute approximate surface area is 106 Å². The van der Waals surface area contributed by atoms with Gasteiger partial charge in [0.25, 0.3) is 5.91 Å². The summed E-state index contributed by atoms with van der Waals surface area (Å²) in [6.07, 6.45) is 0. The van der Waals surface area contributed by atoms with Crippen molar-refractivity contribution in [3.63, 3.8) is 0 Å². The van der Waals surface area contributed by atoms with E-state index in [-0.39, 0.29) is 11.8 Å². The molecule has 2 rings (SSSR count). The van der Waals surface area contributed by atoms with Crippen LogP contribution < -0.4 is 5.48 Å². The molecule has 1 amide bonds. The molecule has 0 bridgehead atoms. The molecule has 5 heteroatoms. The predicted molar refractivity (Wildman–Crippen MR) is 68.2 cm³/mol. The van der Waals surface area contributed by atoms with Gasteiger partial charge in [0, 0.05) is 12.6 Å². The summed E-state index contributed by atoms with van der Waals surface area (Å²) in [7, 11) is 1.59. The lowest BCUT2D eigenvalue weighted by atomic mass is 9.79. The van der Waals surface area contributed by atoms with Gasteiger partial charge in [0.15, 0.2) is 5.54 Å². The van der Waals surface area contributed by atoms with Crippen molar-refractivity contribution in [1.82, 2.24) is 10.5 Å². The average molecular weight is 247 g/mol. The molecule has 2 N–H and O–H groups in total. The summed E-state index contributed by atoms with van der Waals surface area (Å²) in [6, 6.07) is 9.40. The van der Waals surface area contributed by atoms with Crippen LogP contribution in [0.25, 0.3) is 0 Å². The third-order valence-corrected chi connectivity index (χ3v) is 3.34. The Morgan fingerprint density at radius 1 is 1.33 bits per heavy atom. The number of carbonyl (C=O) groups excluding carboxylic acids is 1. The van der Waals surface area contributed by atoms with E-state index in [0.717, 1.165) is 5.56 Å². The smallest absolute Gasteiger partial charge is 0.271 e. The van der Waals surface area contributed by atoms with Gasteiger partial charge in [-0.3, -0.25) is 4.79 Å². The number of nitrogens with one attached hydrogen (secondary N) is 1. The van der Waals surface area contributed by atoms with Crippen molar-refractivity contribution in [2.75, 3.05) is 7.05 Å². The second kappa shape index (κ2) is 4.51. The van der Waals surface area contributed by atoms with Crippen LogP contribution in [0.2, 0.25) is 0 Å². The molecule has 0 saturated heterocycles. The molecule has 1 aliphatic heterocycles. The van der Waals surface area contributed by atoms with Gasteiger partial charge < -0.3 is 5.21 Å². The zero-order chi connectivity index (χ0) is 13.3. The monoisotopic (exact) mass is 247 g/mol. The molecular weight excluding hydrogens is 230 g/mol. The summed E-state index contributed by atoms with van der Waals surface area (Å²) in [6.45, 7) is 3.75. The molecule has 0 aliphatic carbocycles. The van der Waals surface area contributed by atoms with E-state index >= 15 is 0 Å². The Morgan fingerprint density at radius 2 is 1.94 bits per heavy atom. The van der Waals surface area contributed by atoms with Crippen LogP contribution in [0.3, 0.4) is 0 Å². The van der Waals surface area contributed by atoms with E-state index < -0.39 is 5.54 Å². The molecule has 1 aliphatic rings. The van der Waals surface area contributed by atoms with E-state index in [9.17, 15) is 10.0 Å². The van der Waals surface area contributed by atoms with Gasteiger partial charge in [-0.05, 0) is 5.92 Å². The molecule has 0 saturated carbocycles. The van der Waals surface area contributed by atoms with Crippen LogP contribution in [0, 0.1) is 5.92 Å². The first kappa shape index (κ1) is 12.7. The summed E-state index contributed by atoms with van der Waals surface area (Å²) in [5.41, 5.74) is 2.39. The minimum Gasteiger partial charge on any atom is -0.315 e. The summed E-state index contributed by atoms with van der Waals surface area (Å²) in [4.78, 5) is 12.3. The van der Waals surface area contributed by atoms with Gasteiger partial charge in [-0.15, -0.1) is 0 Å². The summed E-state index contributed by atoms with van der Waals surface area (Å²) >= 11 is 0. The van der Waals surface area contributed by atoms with Crippen LogP contribution in [0.4, 0.5) is 0 Å². The topological polar surface area (TPSA) is 64.9 Å². The van der Waals surface area contributed by atoms with Gasteiger partial charge in [0.2, 0.25) is 0 Å². The third kappa shape index (κ3) is 1.63. The SMILES string of the molecule is CC(C)C1(NO)C(=O)N(C)N=C1c1ccccc1. The number of hydrogen-bond acceptors (Lipinski definition) is 4. The molecule has 1 atom stereocenters. The normalized spacial score (nSPS) is 23.7. The quantitative estimate of drug-likeness (QED) is 0.790. The van der Waals surface area contributed by atoms with Crippen molar-refractivity contribution in [2.24, 2.45) is 11.0 Å². The Morgan fingerprint density at radius 3 is 2.44 bits per heavy atom. The molecule has 18 heavy (non-hydrogen) atoms. The zero-order valence-corrected chi connectivity index (χ0v) is 10.7. The molecular formula is C13H17N3O2. The summed E-state index contributed by atoms with van der Waals surface area (Å²) in [5.74, 6) is -0.377. The van der Waals surface area contributed by atoms with Crippen molar-refractivity contribution in [3.8, 4) is 0 Å². The van der Waals surface area contributed by atoms with Crippen LogP contribution >= 0.6 is 0 Å². The third-order valence-electron chi connectivity index (χ3n) is 3.34. The van der Waals surface area contributed by atoms with E-state index in [4.69, 9.17) is 0 Å². The first-order chi connectivity index (χ1) is 8.54. The summed E-state index contributed by atoms with van der Waals surface area (Å²) < 4.78 is 0. The highest BCUT2D eigenvalue weighted by Crippen LogP contribution is 2.30. The second-order valence-electron chi connectivity index (χ2n) is 4.72. The van der Waals surface area contributed by atoms with Gasteiger partial charge in [0.05, 0.1) is 0 Å². The van der Waals surface area contributed by atoms with E-state index in [1.807, 2.05) is 44.2 Å². The molecule has 1 unspecified atom stereocenters. The van der Waals surface area contributed by atoms with Crippen LogP contribution in [-0.4, -0.2) is 34.4 Å². The molecule has 96 valence electrons. The fraction of sp³-hybridized carbons (Fsp3) is 0.385. The van der Waals surface area contributed by atoms with E-state index in [1.54, 1.807) is 7.05 Å². The van der Waals surface area contributed by atoms with Gasteiger partial charge in [-0.25, -0.2) is 5.01 Å². The average Bonchev–Trinajstić information content (AvgIpc) is 2.64. The minimum absolute atomic E-state index is 0.126. The number of likely N-dealkylation sites (N-methyl/N-ethyl adjacent to an activating group) is 1. The maximum Gasteiger partial charge on any atom is 0.271 e. The van der Waals surface area contributed by atoms with Crippen molar-refractivity contribution in [2.45, 2.75) is 19.4 Å². The fourth-order valence-electron chi connectivity index (χ4n) is 2.26. The maximum atomic E-state index is 12.3. The standard InChI is InChI=1S/C13H17N3O2/c1-9(2)13(15-18)11(14-16(3)12(13)17)10-7-5-4-6-8-10/h4-9,15,18H,1-3H3. The van der Waals surface area contributed by atoms with Crippen LogP contribution in [0.1, 0.15) is 19.4 Å². The van der Waals surface area contributed by atoms with Crippen LogP contribution in [0.5, 0.6) is 0 Å². The van der Waals surface area contributed by atoms with Crippen molar-refractivity contribution in [1.29, 1.82) is 0 Å². The first-order valence-electron chi connectivity index (χ1n) is 5.88. The fourth-order valence-corrected chi connectivity index (χ4v) is 2.26. The number of rotatable bonds is 3. The highest BCUT2D eigenvalue weighted by atomic mass is 16.5. The van der Waals surface area contributed by atoms with Crippen LogP contribution in [-0.2, 0) is 4.79 Å². The number of nitrogens with zero attached hydrogens (tertiary/aromatic N) is 2. The largest absolute Gasteiger partial charge is 0.315 e. The maximum absolute atomic E-state index is 12.3. The molecule has 0 radical (unpaired) electrons. The van der Waals surface area contributed by atoms with Crippen molar-refractivity contribution >= 4 is 11.6 Å².